The number of benzene rings is 2. The van der Waals surface area contributed by atoms with Crippen molar-refractivity contribution in [2.24, 2.45) is 5.10 Å². The minimum atomic E-state index is -0.302. The van der Waals surface area contributed by atoms with Gasteiger partial charge in [-0.15, -0.1) is 0 Å². The lowest BCUT2D eigenvalue weighted by Gasteiger charge is -2.08. The van der Waals surface area contributed by atoms with Gasteiger partial charge >= 0.3 is 0 Å². The van der Waals surface area contributed by atoms with Crippen LogP contribution in [0.25, 0.3) is 10.9 Å². The van der Waals surface area contributed by atoms with Crippen molar-refractivity contribution in [3.05, 3.63) is 64.3 Å². The van der Waals surface area contributed by atoms with Crippen LogP contribution in [0.4, 0.5) is 0 Å². The van der Waals surface area contributed by atoms with E-state index in [4.69, 9.17) is 21.1 Å². The summed E-state index contributed by atoms with van der Waals surface area (Å²) in [5.74, 6) is 0.892. The molecule has 0 radical (unpaired) electrons. The minimum Gasteiger partial charge on any atom is -0.454 e. The Balaban J connectivity index is 1.58. The third kappa shape index (κ3) is 3.64. The smallest absolute Gasteiger partial charge is 0.272 e. The summed E-state index contributed by atoms with van der Waals surface area (Å²) in [5.41, 5.74) is 5.42. The van der Waals surface area contributed by atoms with Crippen LogP contribution in [0.5, 0.6) is 11.5 Å². The number of carbonyl (C=O) groups excluding carboxylic acids is 1. The number of pyridine rings is 1. The first kappa shape index (κ1) is 18.3. The third-order valence-corrected chi connectivity index (χ3v) is 4.71. The molecule has 0 spiro atoms. The number of amides is 1. The predicted molar refractivity (Wildman–Crippen MR) is 108 cm³/mol. The van der Waals surface area contributed by atoms with Gasteiger partial charge in [0.25, 0.3) is 5.91 Å². The fraction of sp³-hybridized carbons (Fsp3) is 0.190. The van der Waals surface area contributed by atoms with Gasteiger partial charge in [-0.2, -0.15) is 5.10 Å². The van der Waals surface area contributed by atoms with Gasteiger partial charge in [0.1, 0.15) is 0 Å². The van der Waals surface area contributed by atoms with Gasteiger partial charge in [-0.25, -0.2) is 5.43 Å². The van der Waals surface area contributed by atoms with E-state index in [2.05, 4.69) is 22.4 Å². The van der Waals surface area contributed by atoms with Crippen molar-refractivity contribution in [1.29, 1.82) is 0 Å². The molecule has 0 saturated heterocycles. The molecular formula is C21H18ClN3O3. The molecule has 142 valence electrons. The highest BCUT2D eigenvalue weighted by Gasteiger charge is 2.16. The van der Waals surface area contributed by atoms with E-state index in [0.717, 1.165) is 29.4 Å². The molecular weight excluding hydrogens is 378 g/mol. The molecule has 1 aromatic heterocycles. The Bertz CT molecular complexity index is 1080. The summed E-state index contributed by atoms with van der Waals surface area (Å²) in [4.78, 5) is 17.4. The number of para-hydroxylation sites is 1. The van der Waals surface area contributed by atoms with E-state index < -0.39 is 0 Å². The molecule has 0 aliphatic carbocycles. The van der Waals surface area contributed by atoms with Gasteiger partial charge in [-0.1, -0.05) is 43.1 Å². The molecule has 1 aliphatic rings. The predicted octanol–water partition coefficient (Wildman–Crippen LogP) is 4.33. The number of hydrogen-bond acceptors (Lipinski definition) is 5. The molecule has 0 bridgehead atoms. The summed E-state index contributed by atoms with van der Waals surface area (Å²) in [5, 5.41) is 5.31. The van der Waals surface area contributed by atoms with E-state index in [0.29, 0.717) is 27.6 Å². The standard InChI is InChI=1S/C21H18ClN3O3/c1-2-5-14-9-16(15-6-3-4-7-18(15)24-14)21(26)25-23-11-13-8-19-20(10-17(13)22)28-12-27-19/h3-4,6-11H,2,5,12H2,1H3,(H,25,26). The highest BCUT2D eigenvalue weighted by Crippen LogP contribution is 2.36. The van der Waals surface area contributed by atoms with Crippen LogP contribution in [-0.2, 0) is 6.42 Å². The first-order valence-corrected chi connectivity index (χ1v) is 9.34. The molecule has 0 fully saturated rings. The first-order valence-electron chi connectivity index (χ1n) is 8.97. The average molecular weight is 396 g/mol. The van der Waals surface area contributed by atoms with Crippen molar-refractivity contribution in [2.45, 2.75) is 19.8 Å². The van der Waals surface area contributed by atoms with Crippen molar-refractivity contribution < 1.29 is 14.3 Å². The number of aromatic nitrogens is 1. The van der Waals surface area contributed by atoms with Crippen molar-refractivity contribution in [1.82, 2.24) is 10.4 Å². The van der Waals surface area contributed by atoms with E-state index in [1.807, 2.05) is 30.3 Å². The van der Waals surface area contributed by atoms with E-state index in [1.54, 1.807) is 12.1 Å². The Hall–Kier alpha value is -3.12. The maximum Gasteiger partial charge on any atom is 0.272 e. The zero-order valence-electron chi connectivity index (χ0n) is 15.2. The molecule has 2 aromatic carbocycles. The zero-order valence-corrected chi connectivity index (χ0v) is 16.0. The Kier molecular flexibility index (Phi) is 5.12. The topological polar surface area (TPSA) is 72.8 Å². The fourth-order valence-electron chi connectivity index (χ4n) is 3.05. The van der Waals surface area contributed by atoms with Crippen LogP contribution >= 0.6 is 11.6 Å². The van der Waals surface area contributed by atoms with Gasteiger partial charge in [0.2, 0.25) is 6.79 Å². The van der Waals surface area contributed by atoms with Crippen LogP contribution < -0.4 is 14.9 Å². The molecule has 2 heterocycles. The molecule has 6 nitrogen and oxygen atoms in total. The Morgan fingerprint density at radius 3 is 2.86 bits per heavy atom. The first-order chi connectivity index (χ1) is 13.7. The number of aryl methyl sites for hydroxylation is 1. The summed E-state index contributed by atoms with van der Waals surface area (Å²) in [6, 6.07) is 12.8. The maximum absolute atomic E-state index is 12.7. The summed E-state index contributed by atoms with van der Waals surface area (Å²) in [6.07, 6.45) is 3.24. The second-order valence-electron chi connectivity index (χ2n) is 6.35. The number of rotatable bonds is 5. The summed E-state index contributed by atoms with van der Waals surface area (Å²) < 4.78 is 10.6. The molecule has 0 saturated carbocycles. The maximum atomic E-state index is 12.7. The van der Waals surface area contributed by atoms with Crippen LogP contribution in [-0.4, -0.2) is 23.9 Å². The second kappa shape index (κ2) is 7.86. The molecule has 0 atom stereocenters. The quantitative estimate of drug-likeness (QED) is 0.515. The number of carbonyl (C=O) groups is 1. The Morgan fingerprint density at radius 1 is 1.25 bits per heavy atom. The summed E-state index contributed by atoms with van der Waals surface area (Å²) in [7, 11) is 0. The Labute approximate surface area is 167 Å². The van der Waals surface area contributed by atoms with Gasteiger partial charge in [-0.3, -0.25) is 9.78 Å². The summed E-state index contributed by atoms with van der Waals surface area (Å²) >= 11 is 6.23. The number of fused-ring (bicyclic) bond motifs is 2. The van der Waals surface area contributed by atoms with Gasteiger partial charge in [-0.05, 0) is 24.6 Å². The number of halogens is 1. The number of nitrogens with one attached hydrogen (secondary N) is 1. The lowest BCUT2D eigenvalue weighted by molar-refractivity contribution is 0.0956. The highest BCUT2D eigenvalue weighted by atomic mass is 35.5. The van der Waals surface area contributed by atoms with Gasteiger partial charge in [0.05, 0.1) is 22.3 Å². The summed E-state index contributed by atoms with van der Waals surface area (Å²) in [6.45, 7) is 2.24. The molecule has 1 amide bonds. The average Bonchev–Trinajstić information content (AvgIpc) is 3.14. The molecule has 28 heavy (non-hydrogen) atoms. The van der Waals surface area contributed by atoms with Gasteiger partial charge in [0.15, 0.2) is 11.5 Å². The number of ether oxygens (including phenoxy) is 2. The number of hydrogen-bond donors (Lipinski definition) is 1. The van der Waals surface area contributed by atoms with Crippen LogP contribution in [0.1, 0.15) is 35.0 Å². The molecule has 0 unspecified atom stereocenters. The molecule has 3 aromatic rings. The number of hydrazone groups is 1. The van der Waals surface area contributed by atoms with E-state index in [9.17, 15) is 4.79 Å². The SMILES string of the molecule is CCCc1cc(C(=O)NN=Cc2cc3c(cc2Cl)OCO3)c2ccccc2n1. The molecule has 1 N–H and O–H groups in total. The van der Waals surface area contributed by atoms with Gasteiger partial charge in [0, 0.05) is 22.7 Å². The van der Waals surface area contributed by atoms with Crippen LogP contribution in [0.2, 0.25) is 5.02 Å². The van der Waals surface area contributed by atoms with Crippen LogP contribution in [0, 0.1) is 0 Å². The van der Waals surface area contributed by atoms with E-state index in [1.165, 1.54) is 6.21 Å². The molecule has 4 rings (SSSR count). The van der Waals surface area contributed by atoms with Crippen molar-refractivity contribution in [3.63, 3.8) is 0 Å². The third-order valence-electron chi connectivity index (χ3n) is 4.38. The monoisotopic (exact) mass is 395 g/mol. The van der Waals surface area contributed by atoms with Gasteiger partial charge < -0.3 is 9.47 Å². The van der Waals surface area contributed by atoms with E-state index in [-0.39, 0.29) is 12.7 Å². The highest BCUT2D eigenvalue weighted by molar-refractivity contribution is 6.33. The lowest BCUT2D eigenvalue weighted by Crippen LogP contribution is -2.18. The lowest BCUT2D eigenvalue weighted by atomic mass is 10.1. The molecule has 1 aliphatic heterocycles. The second-order valence-corrected chi connectivity index (χ2v) is 6.76. The van der Waals surface area contributed by atoms with E-state index >= 15 is 0 Å². The Morgan fingerprint density at radius 2 is 2.04 bits per heavy atom. The minimum absolute atomic E-state index is 0.165. The van der Waals surface area contributed by atoms with Crippen LogP contribution in [0.15, 0.2) is 47.6 Å². The number of nitrogens with zero attached hydrogens (tertiary/aromatic N) is 2. The van der Waals surface area contributed by atoms with Crippen molar-refractivity contribution in [2.75, 3.05) is 6.79 Å². The van der Waals surface area contributed by atoms with Crippen molar-refractivity contribution >= 4 is 34.6 Å². The zero-order chi connectivity index (χ0) is 19.5. The largest absolute Gasteiger partial charge is 0.454 e. The van der Waals surface area contributed by atoms with Crippen LogP contribution in [0.3, 0.4) is 0 Å². The fourth-order valence-corrected chi connectivity index (χ4v) is 3.26. The normalized spacial score (nSPS) is 12.6. The van der Waals surface area contributed by atoms with Crippen molar-refractivity contribution in [3.8, 4) is 11.5 Å². The molecule has 7 heteroatoms.